The summed E-state index contributed by atoms with van der Waals surface area (Å²) in [6.07, 6.45) is 0. The number of halogens is 2. The third-order valence-electron chi connectivity index (χ3n) is 3.32. The van der Waals surface area contributed by atoms with Crippen LogP contribution >= 0.6 is 15.9 Å². The van der Waals surface area contributed by atoms with E-state index in [2.05, 4.69) is 52.1 Å². The van der Waals surface area contributed by atoms with Crippen molar-refractivity contribution < 1.29 is 4.39 Å². The fraction of sp³-hybridized carbons (Fsp3) is 0.294. The Morgan fingerprint density at radius 1 is 1.14 bits per heavy atom. The highest BCUT2D eigenvalue weighted by molar-refractivity contribution is 9.10. The molecule has 0 aromatic heterocycles. The summed E-state index contributed by atoms with van der Waals surface area (Å²) in [5, 5.41) is 3.44. The van der Waals surface area contributed by atoms with Crippen molar-refractivity contribution in [2.75, 3.05) is 11.9 Å². The molecule has 0 aliphatic heterocycles. The van der Waals surface area contributed by atoms with E-state index in [0.29, 0.717) is 6.04 Å². The fourth-order valence-corrected chi connectivity index (χ4v) is 2.47. The molecule has 0 aliphatic carbocycles. The van der Waals surface area contributed by atoms with Crippen LogP contribution in [0.25, 0.3) is 0 Å². The first-order chi connectivity index (χ1) is 9.97. The van der Waals surface area contributed by atoms with Gasteiger partial charge < -0.3 is 10.2 Å². The zero-order valence-corrected chi connectivity index (χ0v) is 14.1. The molecule has 2 rings (SSSR count). The predicted molar refractivity (Wildman–Crippen MR) is 90.6 cm³/mol. The molecule has 2 aromatic carbocycles. The molecule has 0 radical (unpaired) electrons. The van der Waals surface area contributed by atoms with E-state index >= 15 is 0 Å². The van der Waals surface area contributed by atoms with Gasteiger partial charge in [-0.25, -0.2) is 4.39 Å². The second-order valence-electron chi connectivity index (χ2n) is 5.34. The van der Waals surface area contributed by atoms with E-state index in [1.165, 1.54) is 17.7 Å². The molecule has 0 heterocycles. The van der Waals surface area contributed by atoms with Crippen LogP contribution < -0.4 is 10.2 Å². The number of benzene rings is 2. The highest BCUT2D eigenvalue weighted by atomic mass is 79.9. The maximum absolute atomic E-state index is 13.1. The number of hydrogen-bond donors (Lipinski definition) is 1. The average Bonchev–Trinajstić information content (AvgIpc) is 2.46. The van der Waals surface area contributed by atoms with E-state index in [9.17, 15) is 4.39 Å². The Bertz CT molecular complexity index is 596. The lowest BCUT2D eigenvalue weighted by atomic mass is 10.1. The Hall–Kier alpha value is -1.39. The number of anilines is 2. The zero-order valence-electron chi connectivity index (χ0n) is 12.5. The SMILES string of the molecule is CC(C)NCc1ccc(Br)cc1N(C)c1ccc(F)cc1. The third-order valence-corrected chi connectivity index (χ3v) is 3.82. The van der Waals surface area contributed by atoms with E-state index in [1.54, 1.807) is 12.1 Å². The molecule has 4 heteroatoms. The van der Waals surface area contributed by atoms with E-state index in [-0.39, 0.29) is 5.82 Å². The third kappa shape index (κ3) is 4.29. The van der Waals surface area contributed by atoms with Crippen LogP contribution in [-0.4, -0.2) is 13.1 Å². The van der Waals surface area contributed by atoms with Crippen molar-refractivity contribution in [3.63, 3.8) is 0 Å². The van der Waals surface area contributed by atoms with Crippen molar-refractivity contribution in [3.8, 4) is 0 Å². The van der Waals surface area contributed by atoms with Crippen molar-refractivity contribution in [2.24, 2.45) is 0 Å². The van der Waals surface area contributed by atoms with Crippen LogP contribution in [0.15, 0.2) is 46.9 Å². The molecule has 0 aliphatic rings. The van der Waals surface area contributed by atoms with Gasteiger partial charge in [0.1, 0.15) is 5.82 Å². The van der Waals surface area contributed by atoms with Gasteiger partial charge in [-0.2, -0.15) is 0 Å². The number of nitrogens with zero attached hydrogens (tertiary/aromatic N) is 1. The molecule has 0 unspecified atom stereocenters. The van der Waals surface area contributed by atoms with Gasteiger partial charge in [0.05, 0.1) is 0 Å². The summed E-state index contributed by atoms with van der Waals surface area (Å²) in [6.45, 7) is 5.05. The van der Waals surface area contributed by atoms with Crippen molar-refractivity contribution in [3.05, 3.63) is 58.3 Å². The lowest BCUT2D eigenvalue weighted by molar-refractivity contribution is 0.589. The Labute approximate surface area is 134 Å². The first-order valence-corrected chi connectivity index (χ1v) is 7.78. The molecule has 0 atom stereocenters. The summed E-state index contributed by atoms with van der Waals surface area (Å²) >= 11 is 3.52. The maximum atomic E-state index is 13.1. The molecule has 0 spiro atoms. The number of hydrogen-bond acceptors (Lipinski definition) is 2. The summed E-state index contributed by atoms with van der Waals surface area (Å²) < 4.78 is 14.1. The van der Waals surface area contributed by atoms with Crippen LogP contribution in [-0.2, 0) is 6.54 Å². The summed E-state index contributed by atoms with van der Waals surface area (Å²) in [6, 6.07) is 13.2. The predicted octanol–water partition coefficient (Wildman–Crippen LogP) is 4.85. The van der Waals surface area contributed by atoms with Crippen LogP contribution in [0.5, 0.6) is 0 Å². The Morgan fingerprint density at radius 2 is 1.81 bits per heavy atom. The quantitative estimate of drug-likeness (QED) is 0.828. The van der Waals surface area contributed by atoms with Crippen molar-refractivity contribution in [1.82, 2.24) is 5.32 Å². The van der Waals surface area contributed by atoms with Crippen LogP contribution in [0.1, 0.15) is 19.4 Å². The van der Waals surface area contributed by atoms with Gasteiger partial charge in [0.15, 0.2) is 0 Å². The standard InChI is InChI=1S/C17H20BrFN2/c1-12(2)20-11-13-4-5-14(18)10-17(13)21(3)16-8-6-15(19)7-9-16/h4-10,12,20H,11H2,1-3H3. The van der Waals surface area contributed by atoms with Crippen LogP contribution in [0, 0.1) is 5.82 Å². The molecule has 1 N–H and O–H groups in total. The molecule has 2 aromatic rings. The van der Waals surface area contributed by atoms with Gasteiger partial charge in [-0.05, 0) is 42.0 Å². The lowest BCUT2D eigenvalue weighted by Crippen LogP contribution is -2.23. The van der Waals surface area contributed by atoms with Crippen LogP contribution in [0.4, 0.5) is 15.8 Å². The molecule has 112 valence electrons. The topological polar surface area (TPSA) is 15.3 Å². The minimum atomic E-state index is -0.219. The normalized spacial score (nSPS) is 11.0. The molecule has 2 nitrogen and oxygen atoms in total. The lowest BCUT2D eigenvalue weighted by Gasteiger charge is -2.24. The Morgan fingerprint density at radius 3 is 2.43 bits per heavy atom. The van der Waals surface area contributed by atoms with E-state index in [1.807, 2.05) is 13.1 Å². The van der Waals surface area contributed by atoms with Gasteiger partial charge in [-0.1, -0.05) is 35.8 Å². The Kier molecular flexibility index (Phi) is 5.37. The first-order valence-electron chi connectivity index (χ1n) is 6.98. The van der Waals surface area contributed by atoms with Gasteiger partial charge in [0.25, 0.3) is 0 Å². The maximum Gasteiger partial charge on any atom is 0.123 e. The zero-order chi connectivity index (χ0) is 15.4. The molecule has 0 amide bonds. The van der Waals surface area contributed by atoms with Crippen molar-refractivity contribution >= 4 is 27.3 Å². The van der Waals surface area contributed by atoms with Gasteiger partial charge in [-0.3, -0.25) is 0 Å². The van der Waals surface area contributed by atoms with E-state index in [4.69, 9.17) is 0 Å². The largest absolute Gasteiger partial charge is 0.344 e. The number of nitrogens with one attached hydrogen (secondary N) is 1. The van der Waals surface area contributed by atoms with Crippen molar-refractivity contribution in [1.29, 1.82) is 0 Å². The van der Waals surface area contributed by atoms with E-state index < -0.39 is 0 Å². The first kappa shape index (κ1) is 16.0. The van der Waals surface area contributed by atoms with E-state index in [0.717, 1.165) is 22.4 Å². The monoisotopic (exact) mass is 350 g/mol. The minimum absolute atomic E-state index is 0.219. The van der Waals surface area contributed by atoms with Gasteiger partial charge in [-0.15, -0.1) is 0 Å². The molecule has 0 bridgehead atoms. The minimum Gasteiger partial charge on any atom is -0.344 e. The molecule has 21 heavy (non-hydrogen) atoms. The van der Waals surface area contributed by atoms with Gasteiger partial charge >= 0.3 is 0 Å². The second kappa shape index (κ2) is 7.05. The summed E-state index contributed by atoms with van der Waals surface area (Å²) in [7, 11) is 1.99. The van der Waals surface area contributed by atoms with Gasteiger partial charge in [0, 0.05) is 35.5 Å². The fourth-order valence-electron chi connectivity index (χ4n) is 2.12. The Balaban J connectivity index is 2.31. The molecular weight excluding hydrogens is 331 g/mol. The molecule has 0 saturated heterocycles. The van der Waals surface area contributed by atoms with Crippen LogP contribution in [0.2, 0.25) is 0 Å². The summed E-state index contributed by atoms with van der Waals surface area (Å²) in [5.41, 5.74) is 3.27. The van der Waals surface area contributed by atoms with Gasteiger partial charge in [0.2, 0.25) is 0 Å². The molecule has 0 saturated carbocycles. The summed E-state index contributed by atoms with van der Waals surface area (Å²) in [5.74, 6) is -0.219. The smallest absolute Gasteiger partial charge is 0.123 e. The van der Waals surface area contributed by atoms with Crippen LogP contribution in [0.3, 0.4) is 0 Å². The van der Waals surface area contributed by atoms with Crippen molar-refractivity contribution in [2.45, 2.75) is 26.4 Å². The second-order valence-corrected chi connectivity index (χ2v) is 6.26. The molecule has 0 fully saturated rings. The average molecular weight is 351 g/mol. The highest BCUT2D eigenvalue weighted by Gasteiger charge is 2.10. The molecular formula is C17H20BrFN2. The number of rotatable bonds is 5. The highest BCUT2D eigenvalue weighted by Crippen LogP contribution is 2.30. The summed E-state index contributed by atoms with van der Waals surface area (Å²) in [4.78, 5) is 2.07.